The molecule has 0 spiro atoms. The third-order valence-corrected chi connectivity index (χ3v) is 5.40. The molecule has 1 aromatic carbocycles. The minimum absolute atomic E-state index is 0.470. The third-order valence-electron chi connectivity index (χ3n) is 4.41. The van der Waals surface area contributed by atoms with Gasteiger partial charge in [-0.05, 0) is 49.8 Å². The van der Waals surface area contributed by atoms with Gasteiger partial charge in [0.05, 0.1) is 5.01 Å². The first kappa shape index (κ1) is 14.7. The Morgan fingerprint density at radius 1 is 1.33 bits per heavy atom. The van der Waals surface area contributed by atoms with Crippen molar-refractivity contribution >= 4 is 11.3 Å². The monoisotopic (exact) mass is 300 g/mol. The number of rotatable bonds is 4. The number of fused-ring (bicyclic) bond motifs is 1. The molecule has 1 heterocycles. The molecule has 0 radical (unpaired) electrons. The quantitative estimate of drug-likeness (QED) is 0.852. The highest BCUT2D eigenvalue weighted by Gasteiger charge is 2.27. The molecule has 3 heteroatoms. The second-order valence-electron chi connectivity index (χ2n) is 5.97. The van der Waals surface area contributed by atoms with Gasteiger partial charge in [0.25, 0.3) is 0 Å². The van der Waals surface area contributed by atoms with Gasteiger partial charge in [0.1, 0.15) is 0 Å². The van der Waals surface area contributed by atoms with Crippen molar-refractivity contribution in [2.45, 2.75) is 45.6 Å². The molecule has 0 amide bonds. The van der Waals surface area contributed by atoms with Gasteiger partial charge in [-0.2, -0.15) is 0 Å². The van der Waals surface area contributed by atoms with E-state index >= 15 is 0 Å². The Morgan fingerprint density at radius 3 is 2.95 bits per heavy atom. The molecular formula is C18H24N2S. The first-order chi connectivity index (χ1) is 10.3. The van der Waals surface area contributed by atoms with E-state index in [2.05, 4.69) is 53.8 Å². The standard InChI is InChI=1S/C18H24N2S/c1-3-19-18-15(11-17-20-13(2)12-21-17)9-6-8-14-7-4-5-10-16(14)18/h4-5,7,10,12,15,18-19H,3,6,8-9,11H2,1-2H3. The Morgan fingerprint density at radius 2 is 2.19 bits per heavy atom. The third kappa shape index (κ3) is 3.35. The number of thiazole rings is 1. The first-order valence-electron chi connectivity index (χ1n) is 8.00. The fourth-order valence-corrected chi connectivity index (χ4v) is 4.34. The molecule has 2 unspecified atom stereocenters. The van der Waals surface area contributed by atoms with Crippen molar-refractivity contribution in [3.63, 3.8) is 0 Å². The zero-order valence-corrected chi connectivity index (χ0v) is 13.7. The Hall–Kier alpha value is -1.19. The summed E-state index contributed by atoms with van der Waals surface area (Å²) in [6.07, 6.45) is 4.88. The van der Waals surface area contributed by atoms with E-state index in [-0.39, 0.29) is 0 Å². The lowest BCUT2D eigenvalue weighted by Crippen LogP contribution is -2.29. The summed E-state index contributed by atoms with van der Waals surface area (Å²) in [6, 6.07) is 9.44. The number of hydrogen-bond donors (Lipinski definition) is 1. The molecule has 112 valence electrons. The minimum Gasteiger partial charge on any atom is -0.310 e. The van der Waals surface area contributed by atoms with Crippen molar-refractivity contribution in [3.8, 4) is 0 Å². The van der Waals surface area contributed by atoms with Crippen LogP contribution in [0, 0.1) is 12.8 Å². The smallest absolute Gasteiger partial charge is 0.0931 e. The van der Waals surface area contributed by atoms with E-state index < -0.39 is 0 Å². The summed E-state index contributed by atoms with van der Waals surface area (Å²) in [5.41, 5.74) is 4.19. The highest BCUT2D eigenvalue weighted by molar-refractivity contribution is 7.09. The SMILES string of the molecule is CCNC1c2ccccc2CCCC1Cc1nc(C)cs1. The van der Waals surface area contributed by atoms with Crippen molar-refractivity contribution in [2.75, 3.05) is 6.54 Å². The van der Waals surface area contributed by atoms with E-state index in [4.69, 9.17) is 0 Å². The molecule has 21 heavy (non-hydrogen) atoms. The van der Waals surface area contributed by atoms with Crippen LogP contribution in [0.25, 0.3) is 0 Å². The molecule has 0 saturated heterocycles. The van der Waals surface area contributed by atoms with Crippen LogP contribution < -0.4 is 5.32 Å². The lowest BCUT2D eigenvalue weighted by molar-refractivity contribution is 0.346. The van der Waals surface area contributed by atoms with Crippen LogP contribution >= 0.6 is 11.3 Å². The van der Waals surface area contributed by atoms with Gasteiger partial charge in [0.2, 0.25) is 0 Å². The van der Waals surface area contributed by atoms with Gasteiger partial charge in [-0.1, -0.05) is 31.2 Å². The van der Waals surface area contributed by atoms with Crippen molar-refractivity contribution in [3.05, 3.63) is 51.5 Å². The Labute approximate surface area is 131 Å². The van der Waals surface area contributed by atoms with E-state index in [0.717, 1.165) is 18.7 Å². The van der Waals surface area contributed by atoms with Crippen LogP contribution in [0.2, 0.25) is 0 Å². The topological polar surface area (TPSA) is 24.9 Å². The van der Waals surface area contributed by atoms with Gasteiger partial charge in [-0.15, -0.1) is 11.3 Å². The van der Waals surface area contributed by atoms with Gasteiger partial charge in [0.15, 0.2) is 0 Å². The van der Waals surface area contributed by atoms with Crippen LogP contribution in [0.3, 0.4) is 0 Å². The Bertz CT molecular complexity index is 590. The fourth-order valence-electron chi connectivity index (χ4n) is 3.48. The average molecular weight is 300 g/mol. The highest BCUT2D eigenvalue weighted by Crippen LogP contribution is 2.35. The molecule has 1 N–H and O–H groups in total. The Balaban J connectivity index is 1.88. The molecular weight excluding hydrogens is 276 g/mol. The first-order valence-corrected chi connectivity index (χ1v) is 8.88. The minimum atomic E-state index is 0.470. The predicted octanol–water partition coefficient (Wildman–Crippen LogP) is 4.30. The maximum atomic E-state index is 4.68. The lowest BCUT2D eigenvalue weighted by atomic mass is 9.88. The normalized spacial score (nSPS) is 21.8. The maximum absolute atomic E-state index is 4.68. The molecule has 0 saturated carbocycles. The molecule has 1 aliphatic carbocycles. The van der Waals surface area contributed by atoms with Crippen LogP contribution in [0.15, 0.2) is 29.6 Å². The zero-order valence-electron chi connectivity index (χ0n) is 12.9. The summed E-state index contributed by atoms with van der Waals surface area (Å²) >= 11 is 1.81. The van der Waals surface area contributed by atoms with Crippen molar-refractivity contribution in [1.29, 1.82) is 0 Å². The molecule has 1 aromatic heterocycles. The van der Waals surface area contributed by atoms with Crippen LogP contribution in [-0.2, 0) is 12.8 Å². The van der Waals surface area contributed by atoms with E-state index in [1.54, 1.807) is 0 Å². The number of aromatic nitrogens is 1. The van der Waals surface area contributed by atoms with E-state index in [1.165, 1.54) is 35.4 Å². The summed E-state index contributed by atoms with van der Waals surface area (Å²) in [7, 11) is 0. The molecule has 0 aliphatic heterocycles. The van der Waals surface area contributed by atoms with E-state index in [9.17, 15) is 0 Å². The fraction of sp³-hybridized carbons (Fsp3) is 0.500. The molecule has 1 aliphatic rings. The molecule has 2 atom stereocenters. The number of aryl methyl sites for hydroxylation is 2. The number of hydrogen-bond acceptors (Lipinski definition) is 3. The highest BCUT2D eigenvalue weighted by atomic mass is 32.1. The number of nitrogens with zero attached hydrogens (tertiary/aromatic N) is 1. The zero-order chi connectivity index (χ0) is 14.7. The van der Waals surface area contributed by atoms with E-state index in [0.29, 0.717) is 12.0 Å². The summed E-state index contributed by atoms with van der Waals surface area (Å²) in [5, 5.41) is 7.20. The molecule has 2 aromatic rings. The van der Waals surface area contributed by atoms with Crippen LogP contribution in [0.1, 0.15) is 47.6 Å². The van der Waals surface area contributed by atoms with Gasteiger partial charge < -0.3 is 5.32 Å². The van der Waals surface area contributed by atoms with Gasteiger partial charge in [0, 0.05) is 23.5 Å². The summed E-state index contributed by atoms with van der Waals surface area (Å²) in [5.74, 6) is 0.652. The van der Waals surface area contributed by atoms with Crippen molar-refractivity contribution < 1.29 is 0 Å². The van der Waals surface area contributed by atoms with Gasteiger partial charge in [-0.3, -0.25) is 0 Å². The summed E-state index contributed by atoms with van der Waals surface area (Å²) in [6.45, 7) is 5.31. The molecule has 2 nitrogen and oxygen atoms in total. The van der Waals surface area contributed by atoms with Gasteiger partial charge >= 0.3 is 0 Å². The number of benzene rings is 1. The number of nitrogens with one attached hydrogen (secondary N) is 1. The maximum Gasteiger partial charge on any atom is 0.0931 e. The van der Waals surface area contributed by atoms with E-state index in [1.807, 2.05) is 11.3 Å². The molecule has 0 bridgehead atoms. The summed E-state index contributed by atoms with van der Waals surface area (Å²) in [4.78, 5) is 4.68. The predicted molar refractivity (Wildman–Crippen MR) is 89.8 cm³/mol. The molecule has 0 fully saturated rings. The molecule has 3 rings (SSSR count). The Kier molecular flexibility index (Phi) is 4.71. The van der Waals surface area contributed by atoms with Gasteiger partial charge in [-0.25, -0.2) is 4.98 Å². The van der Waals surface area contributed by atoms with Crippen molar-refractivity contribution in [1.82, 2.24) is 10.3 Å². The largest absolute Gasteiger partial charge is 0.310 e. The lowest BCUT2D eigenvalue weighted by Gasteiger charge is -2.27. The second kappa shape index (κ2) is 6.71. The van der Waals surface area contributed by atoms with Crippen LogP contribution in [-0.4, -0.2) is 11.5 Å². The van der Waals surface area contributed by atoms with Crippen molar-refractivity contribution in [2.24, 2.45) is 5.92 Å². The second-order valence-corrected chi connectivity index (χ2v) is 6.92. The van der Waals surface area contributed by atoms with Crippen LogP contribution in [0.4, 0.5) is 0 Å². The summed E-state index contributed by atoms with van der Waals surface area (Å²) < 4.78 is 0. The average Bonchev–Trinajstić information content (AvgIpc) is 2.81. The van der Waals surface area contributed by atoms with Crippen LogP contribution in [0.5, 0.6) is 0 Å².